The lowest BCUT2D eigenvalue weighted by Gasteiger charge is -2.37. The molecule has 0 amide bonds. The Morgan fingerprint density at radius 1 is 1.26 bits per heavy atom. The first kappa shape index (κ1) is 16.5. The molecule has 0 unspecified atom stereocenters. The molecule has 1 aliphatic heterocycles. The van der Waals surface area contributed by atoms with Crippen LogP contribution < -0.4 is 5.32 Å². The summed E-state index contributed by atoms with van der Waals surface area (Å²) in [5.74, 6) is 0.899. The largest absolute Gasteiger partial charge is 0.408 e. The summed E-state index contributed by atoms with van der Waals surface area (Å²) in [5.41, 5.74) is 1.33. The van der Waals surface area contributed by atoms with Crippen molar-refractivity contribution in [3.05, 3.63) is 40.2 Å². The number of aromatic nitrogens is 2. The SMILES string of the molecule is CC(C)c1nnc(NCC2(c3cccc(Br)c3)CCOCC2)o1. The van der Waals surface area contributed by atoms with Gasteiger partial charge in [-0.25, -0.2) is 0 Å². The van der Waals surface area contributed by atoms with Crippen LogP contribution in [0, 0.1) is 0 Å². The standard InChI is InChI=1S/C17H22BrN3O2/c1-12(2)15-20-21-16(23-15)19-11-17(6-8-22-9-7-17)13-4-3-5-14(18)10-13/h3-5,10,12H,6-9,11H2,1-2H3,(H,19,21). The van der Waals surface area contributed by atoms with E-state index in [1.165, 1.54) is 5.56 Å². The molecule has 1 saturated heterocycles. The van der Waals surface area contributed by atoms with Gasteiger partial charge in [-0.15, -0.1) is 5.10 Å². The van der Waals surface area contributed by atoms with Crippen molar-refractivity contribution in [2.45, 2.75) is 38.0 Å². The summed E-state index contributed by atoms with van der Waals surface area (Å²) >= 11 is 3.58. The predicted octanol–water partition coefficient (Wildman–Crippen LogP) is 4.12. The van der Waals surface area contributed by atoms with Gasteiger partial charge in [0.2, 0.25) is 5.89 Å². The molecule has 1 fully saturated rings. The van der Waals surface area contributed by atoms with E-state index >= 15 is 0 Å². The first-order chi connectivity index (χ1) is 11.1. The molecule has 2 aromatic rings. The van der Waals surface area contributed by atoms with Gasteiger partial charge in [-0.2, -0.15) is 0 Å². The molecule has 0 spiro atoms. The van der Waals surface area contributed by atoms with Crippen LogP contribution in [0.15, 0.2) is 33.2 Å². The van der Waals surface area contributed by atoms with Crippen LogP contribution in [0.3, 0.4) is 0 Å². The Bertz CT molecular complexity index is 651. The van der Waals surface area contributed by atoms with Crippen LogP contribution >= 0.6 is 15.9 Å². The second-order valence-electron chi connectivity index (χ2n) is 6.36. The zero-order valence-corrected chi connectivity index (χ0v) is 15.1. The fourth-order valence-corrected chi connectivity index (χ4v) is 3.33. The molecule has 6 heteroatoms. The van der Waals surface area contributed by atoms with Crippen LogP contribution in [0.2, 0.25) is 0 Å². The second-order valence-corrected chi connectivity index (χ2v) is 7.27. The molecule has 0 atom stereocenters. The molecule has 1 aliphatic rings. The monoisotopic (exact) mass is 379 g/mol. The molecule has 124 valence electrons. The topological polar surface area (TPSA) is 60.2 Å². The fraction of sp³-hybridized carbons (Fsp3) is 0.529. The molecule has 1 N–H and O–H groups in total. The maximum absolute atomic E-state index is 5.67. The van der Waals surface area contributed by atoms with Crippen LogP contribution in [-0.4, -0.2) is 30.0 Å². The molecule has 23 heavy (non-hydrogen) atoms. The lowest BCUT2D eigenvalue weighted by atomic mass is 9.74. The molecular weight excluding hydrogens is 358 g/mol. The van der Waals surface area contributed by atoms with Crippen molar-refractivity contribution in [1.29, 1.82) is 0 Å². The Labute approximate surface area is 145 Å². The van der Waals surface area contributed by atoms with E-state index in [0.29, 0.717) is 11.9 Å². The Kier molecular flexibility index (Phi) is 5.02. The van der Waals surface area contributed by atoms with Gasteiger partial charge in [-0.1, -0.05) is 47.0 Å². The van der Waals surface area contributed by atoms with Gasteiger partial charge in [0, 0.05) is 35.6 Å². The number of anilines is 1. The van der Waals surface area contributed by atoms with Crippen molar-refractivity contribution in [3.8, 4) is 0 Å². The molecule has 3 rings (SSSR count). The van der Waals surface area contributed by atoms with E-state index in [2.05, 4.69) is 55.7 Å². The first-order valence-electron chi connectivity index (χ1n) is 8.00. The van der Waals surface area contributed by atoms with Crippen molar-refractivity contribution in [1.82, 2.24) is 10.2 Å². The zero-order chi connectivity index (χ0) is 16.3. The summed E-state index contributed by atoms with van der Waals surface area (Å²) in [7, 11) is 0. The average molecular weight is 380 g/mol. The number of halogens is 1. The smallest absolute Gasteiger partial charge is 0.315 e. The molecule has 1 aromatic carbocycles. The maximum atomic E-state index is 5.67. The van der Waals surface area contributed by atoms with E-state index in [0.717, 1.165) is 37.1 Å². The van der Waals surface area contributed by atoms with Gasteiger partial charge in [-0.3, -0.25) is 0 Å². The normalized spacial score (nSPS) is 17.4. The van der Waals surface area contributed by atoms with Crippen molar-refractivity contribution in [3.63, 3.8) is 0 Å². The maximum Gasteiger partial charge on any atom is 0.315 e. The summed E-state index contributed by atoms with van der Waals surface area (Å²) in [4.78, 5) is 0. The van der Waals surface area contributed by atoms with E-state index in [1.807, 2.05) is 13.8 Å². The lowest BCUT2D eigenvalue weighted by molar-refractivity contribution is 0.0542. The van der Waals surface area contributed by atoms with Gasteiger partial charge < -0.3 is 14.5 Å². The van der Waals surface area contributed by atoms with Crippen LogP contribution in [0.5, 0.6) is 0 Å². The summed E-state index contributed by atoms with van der Waals surface area (Å²) in [6, 6.07) is 9.01. The quantitative estimate of drug-likeness (QED) is 0.846. The number of rotatable bonds is 5. The van der Waals surface area contributed by atoms with E-state index in [-0.39, 0.29) is 11.3 Å². The number of ether oxygens (including phenoxy) is 1. The van der Waals surface area contributed by atoms with Crippen molar-refractivity contribution < 1.29 is 9.15 Å². The summed E-state index contributed by atoms with van der Waals surface area (Å²) < 4.78 is 12.3. The van der Waals surface area contributed by atoms with Crippen molar-refractivity contribution >= 4 is 21.9 Å². The molecule has 5 nitrogen and oxygen atoms in total. The number of nitrogens with one attached hydrogen (secondary N) is 1. The molecule has 0 radical (unpaired) electrons. The minimum Gasteiger partial charge on any atom is -0.408 e. The number of hydrogen-bond donors (Lipinski definition) is 1. The van der Waals surface area contributed by atoms with Gasteiger partial charge in [-0.05, 0) is 30.5 Å². The first-order valence-corrected chi connectivity index (χ1v) is 8.79. The third-order valence-corrected chi connectivity index (χ3v) is 4.89. The van der Waals surface area contributed by atoms with Gasteiger partial charge in [0.1, 0.15) is 0 Å². The highest BCUT2D eigenvalue weighted by Gasteiger charge is 2.35. The minimum absolute atomic E-state index is 0.0223. The third-order valence-electron chi connectivity index (χ3n) is 4.40. The van der Waals surface area contributed by atoms with E-state index < -0.39 is 0 Å². The summed E-state index contributed by atoms with van der Waals surface area (Å²) in [6.45, 7) is 6.38. The van der Waals surface area contributed by atoms with E-state index in [1.54, 1.807) is 0 Å². The Morgan fingerprint density at radius 3 is 2.70 bits per heavy atom. The highest BCUT2D eigenvalue weighted by molar-refractivity contribution is 9.10. The van der Waals surface area contributed by atoms with Gasteiger partial charge in [0.15, 0.2) is 0 Å². The average Bonchev–Trinajstić information content (AvgIpc) is 3.03. The Hall–Kier alpha value is -1.40. The lowest BCUT2D eigenvalue weighted by Crippen LogP contribution is -2.40. The van der Waals surface area contributed by atoms with E-state index in [9.17, 15) is 0 Å². The van der Waals surface area contributed by atoms with Crippen LogP contribution in [0.25, 0.3) is 0 Å². The Morgan fingerprint density at radius 2 is 2.04 bits per heavy atom. The number of nitrogens with zero attached hydrogens (tertiary/aromatic N) is 2. The summed E-state index contributed by atoms with van der Waals surface area (Å²) in [6.07, 6.45) is 1.95. The highest BCUT2D eigenvalue weighted by Crippen LogP contribution is 2.36. The predicted molar refractivity (Wildman–Crippen MR) is 92.7 cm³/mol. The van der Waals surface area contributed by atoms with Crippen LogP contribution in [0.4, 0.5) is 6.01 Å². The van der Waals surface area contributed by atoms with Crippen molar-refractivity contribution in [2.24, 2.45) is 0 Å². The minimum atomic E-state index is 0.0223. The molecule has 2 heterocycles. The van der Waals surface area contributed by atoms with E-state index in [4.69, 9.17) is 9.15 Å². The number of hydrogen-bond acceptors (Lipinski definition) is 5. The van der Waals surface area contributed by atoms with Gasteiger partial charge in [0.05, 0.1) is 0 Å². The van der Waals surface area contributed by atoms with Crippen LogP contribution in [-0.2, 0) is 10.2 Å². The van der Waals surface area contributed by atoms with Gasteiger partial charge in [0.25, 0.3) is 0 Å². The zero-order valence-electron chi connectivity index (χ0n) is 13.5. The molecule has 0 bridgehead atoms. The van der Waals surface area contributed by atoms with Crippen molar-refractivity contribution in [2.75, 3.05) is 25.1 Å². The highest BCUT2D eigenvalue weighted by atomic mass is 79.9. The van der Waals surface area contributed by atoms with Crippen LogP contribution in [0.1, 0.15) is 44.1 Å². The number of benzene rings is 1. The molecular formula is C17H22BrN3O2. The molecule has 1 aromatic heterocycles. The molecule has 0 aliphatic carbocycles. The molecule has 0 saturated carbocycles. The third kappa shape index (κ3) is 3.75. The van der Waals surface area contributed by atoms with Gasteiger partial charge >= 0.3 is 6.01 Å². The second kappa shape index (κ2) is 7.01. The fourth-order valence-electron chi connectivity index (χ4n) is 2.93. The Balaban J connectivity index is 1.79. The summed E-state index contributed by atoms with van der Waals surface area (Å²) in [5, 5.41) is 11.5.